The number of ether oxygens (including phenoxy) is 1. The maximum absolute atomic E-state index is 12.4. The number of nitrogens with zero attached hydrogens (tertiary/aromatic N) is 2. The second-order valence-electron chi connectivity index (χ2n) is 7.10. The second-order valence-corrected chi connectivity index (χ2v) is 7.10. The summed E-state index contributed by atoms with van der Waals surface area (Å²) in [5.74, 6) is 0.0762. The van der Waals surface area contributed by atoms with E-state index in [1.807, 2.05) is 45.3 Å². The highest BCUT2D eigenvalue weighted by Gasteiger charge is 2.41. The molecule has 2 aliphatic heterocycles. The van der Waals surface area contributed by atoms with E-state index in [0.717, 1.165) is 37.8 Å². The fourth-order valence-corrected chi connectivity index (χ4v) is 3.94. The van der Waals surface area contributed by atoms with Gasteiger partial charge in [-0.2, -0.15) is 0 Å². The molecule has 0 spiro atoms. The number of piperidine rings is 1. The number of rotatable bonds is 3. The Labute approximate surface area is 143 Å². The third kappa shape index (κ3) is 3.31. The first-order chi connectivity index (χ1) is 11.5. The lowest BCUT2D eigenvalue weighted by molar-refractivity contribution is -0.136. The van der Waals surface area contributed by atoms with Crippen LogP contribution in [0.15, 0.2) is 24.3 Å². The molecule has 2 saturated heterocycles. The van der Waals surface area contributed by atoms with E-state index < -0.39 is 0 Å². The standard InChI is InChI=1S/C19H26N2O3/c1-13-6-4-5-7-16(13)19(23)24-17-9-8-15-12-14(10-11-21(15)17)18(22)20(2)3/h4-7,14-15,17H,8-12H2,1-3H3/t14?,15?,17-/m0/s1. The Hall–Kier alpha value is -1.88. The van der Waals surface area contributed by atoms with Crippen molar-refractivity contribution in [1.29, 1.82) is 0 Å². The molecule has 5 heteroatoms. The van der Waals surface area contributed by atoms with Crippen LogP contribution in [0.2, 0.25) is 0 Å². The van der Waals surface area contributed by atoms with Crippen molar-refractivity contribution in [1.82, 2.24) is 9.80 Å². The van der Waals surface area contributed by atoms with Crippen LogP contribution in [-0.2, 0) is 9.53 Å². The van der Waals surface area contributed by atoms with E-state index in [-0.39, 0.29) is 24.0 Å². The maximum Gasteiger partial charge on any atom is 0.339 e. The van der Waals surface area contributed by atoms with E-state index in [2.05, 4.69) is 4.90 Å². The van der Waals surface area contributed by atoms with Gasteiger partial charge in [0, 0.05) is 32.6 Å². The predicted octanol–water partition coefficient (Wildman–Crippen LogP) is 2.44. The molecule has 0 radical (unpaired) electrons. The van der Waals surface area contributed by atoms with Crippen LogP contribution >= 0.6 is 0 Å². The smallest absolute Gasteiger partial charge is 0.339 e. The van der Waals surface area contributed by atoms with Gasteiger partial charge in [-0.15, -0.1) is 0 Å². The van der Waals surface area contributed by atoms with E-state index in [0.29, 0.717) is 11.6 Å². The normalized spacial score (nSPS) is 26.7. The monoisotopic (exact) mass is 330 g/mol. The number of carbonyl (C=O) groups excluding carboxylic acids is 2. The molecule has 1 aromatic rings. The Bertz CT molecular complexity index is 629. The summed E-state index contributed by atoms with van der Waals surface area (Å²) in [4.78, 5) is 28.6. The van der Waals surface area contributed by atoms with Crippen molar-refractivity contribution >= 4 is 11.9 Å². The van der Waals surface area contributed by atoms with Crippen LogP contribution in [0, 0.1) is 12.8 Å². The first-order valence-corrected chi connectivity index (χ1v) is 8.71. The molecule has 2 fully saturated rings. The number of hydrogen-bond acceptors (Lipinski definition) is 4. The zero-order valence-corrected chi connectivity index (χ0v) is 14.7. The quantitative estimate of drug-likeness (QED) is 0.799. The van der Waals surface area contributed by atoms with Gasteiger partial charge in [-0.05, 0) is 44.2 Å². The van der Waals surface area contributed by atoms with E-state index in [1.54, 1.807) is 4.90 Å². The van der Waals surface area contributed by atoms with E-state index >= 15 is 0 Å². The van der Waals surface area contributed by atoms with Gasteiger partial charge < -0.3 is 9.64 Å². The topological polar surface area (TPSA) is 49.9 Å². The summed E-state index contributed by atoms with van der Waals surface area (Å²) in [6.07, 6.45) is 3.40. The molecule has 2 aliphatic rings. The highest BCUT2D eigenvalue weighted by molar-refractivity contribution is 5.91. The molecule has 5 nitrogen and oxygen atoms in total. The molecule has 0 bridgehead atoms. The van der Waals surface area contributed by atoms with E-state index in [4.69, 9.17) is 4.74 Å². The Balaban J connectivity index is 1.62. The molecule has 3 atom stereocenters. The molecular formula is C19H26N2O3. The molecule has 130 valence electrons. The van der Waals surface area contributed by atoms with Crippen LogP contribution in [0.4, 0.5) is 0 Å². The average molecular weight is 330 g/mol. The summed E-state index contributed by atoms with van der Waals surface area (Å²) in [7, 11) is 3.63. The second kappa shape index (κ2) is 6.93. The van der Waals surface area contributed by atoms with Gasteiger partial charge >= 0.3 is 5.97 Å². The third-order valence-electron chi connectivity index (χ3n) is 5.28. The fraction of sp³-hybridized carbons (Fsp3) is 0.579. The number of hydrogen-bond donors (Lipinski definition) is 0. The summed E-state index contributed by atoms with van der Waals surface area (Å²) in [6, 6.07) is 7.87. The molecule has 1 amide bonds. The number of aryl methyl sites for hydroxylation is 1. The lowest BCUT2D eigenvalue weighted by atomic mass is 9.90. The Morgan fingerprint density at radius 1 is 1.17 bits per heavy atom. The van der Waals surface area contributed by atoms with Gasteiger partial charge in [0.15, 0.2) is 6.23 Å². The lowest BCUT2D eigenvalue weighted by Gasteiger charge is -2.37. The van der Waals surface area contributed by atoms with E-state index in [9.17, 15) is 9.59 Å². The SMILES string of the molecule is Cc1ccccc1C(=O)O[C@H]1CCC2CC(C(=O)N(C)C)CCN21. The summed E-state index contributed by atoms with van der Waals surface area (Å²) in [6.45, 7) is 2.74. The summed E-state index contributed by atoms with van der Waals surface area (Å²) < 4.78 is 5.78. The lowest BCUT2D eigenvalue weighted by Crippen LogP contribution is -2.47. The molecule has 0 saturated carbocycles. The fourth-order valence-electron chi connectivity index (χ4n) is 3.94. The predicted molar refractivity (Wildman–Crippen MR) is 91.5 cm³/mol. The zero-order valence-electron chi connectivity index (χ0n) is 14.7. The van der Waals surface area contributed by atoms with Crippen molar-refractivity contribution in [2.45, 2.75) is 44.9 Å². The van der Waals surface area contributed by atoms with Gasteiger partial charge in [0.1, 0.15) is 0 Å². The first-order valence-electron chi connectivity index (χ1n) is 8.71. The average Bonchev–Trinajstić information content (AvgIpc) is 2.96. The minimum Gasteiger partial charge on any atom is -0.443 e. The minimum absolute atomic E-state index is 0.104. The maximum atomic E-state index is 12.4. The largest absolute Gasteiger partial charge is 0.443 e. The Kier molecular flexibility index (Phi) is 4.90. The number of benzene rings is 1. The third-order valence-corrected chi connectivity index (χ3v) is 5.28. The van der Waals surface area contributed by atoms with Crippen LogP contribution in [0.5, 0.6) is 0 Å². The highest BCUT2D eigenvalue weighted by Crippen LogP contribution is 2.35. The molecule has 24 heavy (non-hydrogen) atoms. The van der Waals surface area contributed by atoms with Crippen LogP contribution in [0.25, 0.3) is 0 Å². The molecule has 0 aliphatic carbocycles. The van der Waals surface area contributed by atoms with Gasteiger partial charge in [-0.25, -0.2) is 4.79 Å². The molecule has 0 aromatic heterocycles. The summed E-state index contributed by atoms with van der Waals surface area (Å²) in [5, 5.41) is 0. The Morgan fingerprint density at radius 3 is 2.62 bits per heavy atom. The van der Waals surface area contributed by atoms with Gasteiger partial charge in [-0.3, -0.25) is 9.69 Å². The van der Waals surface area contributed by atoms with Crippen LogP contribution in [0.1, 0.15) is 41.6 Å². The molecule has 1 aromatic carbocycles. The van der Waals surface area contributed by atoms with Crippen LogP contribution in [-0.4, -0.2) is 54.6 Å². The number of fused-ring (bicyclic) bond motifs is 1. The molecular weight excluding hydrogens is 304 g/mol. The number of carbonyl (C=O) groups is 2. The van der Waals surface area contributed by atoms with Crippen molar-refractivity contribution in [3.63, 3.8) is 0 Å². The van der Waals surface area contributed by atoms with Crippen LogP contribution in [0.3, 0.4) is 0 Å². The van der Waals surface area contributed by atoms with Gasteiger partial charge in [0.05, 0.1) is 5.56 Å². The number of amides is 1. The van der Waals surface area contributed by atoms with Gasteiger partial charge in [0.2, 0.25) is 5.91 Å². The molecule has 3 rings (SSSR count). The first kappa shape index (κ1) is 17.0. The summed E-state index contributed by atoms with van der Waals surface area (Å²) >= 11 is 0. The van der Waals surface area contributed by atoms with Gasteiger partial charge in [-0.1, -0.05) is 18.2 Å². The summed E-state index contributed by atoms with van der Waals surface area (Å²) in [5.41, 5.74) is 1.57. The van der Waals surface area contributed by atoms with Crippen molar-refractivity contribution in [2.24, 2.45) is 5.92 Å². The van der Waals surface area contributed by atoms with Crippen molar-refractivity contribution < 1.29 is 14.3 Å². The van der Waals surface area contributed by atoms with E-state index in [1.165, 1.54) is 0 Å². The van der Waals surface area contributed by atoms with Crippen molar-refractivity contribution in [3.05, 3.63) is 35.4 Å². The molecule has 2 unspecified atom stereocenters. The Morgan fingerprint density at radius 2 is 1.92 bits per heavy atom. The van der Waals surface area contributed by atoms with Crippen molar-refractivity contribution in [3.8, 4) is 0 Å². The minimum atomic E-state index is -0.245. The van der Waals surface area contributed by atoms with Gasteiger partial charge in [0.25, 0.3) is 0 Å². The zero-order chi connectivity index (χ0) is 17.3. The van der Waals surface area contributed by atoms with Crippen LogP contribution < -0.4 is 0 Å². The highest BCUT2D eigenvalue weighted by atomic mass is 16.6. The number of esters is 1. The van der Waals surface area contributed by atoms with Crippen molar-refractivity contribution in [2.75, 3.05) is 20.6 Å². The molecule has 0 N–H and O–H groups in total. The molecule has 2 heterocycles.